The van der Waals surface area contributed by atoms with Crippen LogP contribution >= 0.6 is 0 Å². The summed E-state index contributed by atoms with van der Waals surface area (Å²) in [6.45, 7) is 8.00. The zero-order valence-electron chi connectivity index (χ0n) is 10.9. The fraction of sp³-hybridized carbons (Fsp3) is 0.615. The molecule has 1 rings (SSSR count). The summed E-state index contributed by atoms with van der Waals surface area (Å²) < 4.78 is 0. The van der Waals surface area contributed by atoms with E-state index in [4.69, 9.17) is 10.8 Å². The van der Waals surface area contributed by atoms with Gasteiger partial charge in [-0.3, -0.25) is 4.79 Å². The van der Waals surface area contributed by atoms with E-state index in [2.05, 4.69) is 6.08 Å². The van der Waals surface area contributed by atoms with Crippen LogP contribution in [0.2, 0.25) is 0 Å². The molecule has 0 aliphatic heterocycles. The van der Waals surface area contributed by atoms with Gasteiger partial charge in [-0.15, -0.1) is 0 Å². The van der Waals surface area contributed by atoms with Gasteiger partial charge in [0, 0.05) is 0 Å². The lowest BCUT2D eigenvalue weighted by molar-refractivity contribution is -0.138. The van der Waals surface area contributed by atoms with Crippen LogP contribution in [-0.2, 0) is 4.79 Å². The molecule has 3 nitrogen and oxygen atoms in total. The van der Waals surface area contributed by atoms with Gasteiger partial charge in [0.25, 0.3) is 0 Å². The molecule has 3 N–H and O–H groups in total. The highest BCUT2D eigenvalue weighted by molar-refractivity contribution is 5.73. The summed E-state index contributed by atoms with van der Waals surface area (Å²) in [5.41, 5.74) is 6.51. The highest BCUT2D eigenvalue weighted by Crippen LogP contribution is 2.16. The second-order valence-electron chi connectivity index (χ2n) is 2.94. The summed E-state index contributed by atoms with van der Waals surface area (Å²) in [7, 11) is 0. The molecule has 16 heavy (non-hydrogen) atoms. The first-order chi connectivity index (χ1) is 7.70. The van der Waals surface area contributed by atoms with Gasteiger partial charge in [-0.05, 0) is 19.3 Å². The fourth-order valence-corrected chi connectivity index (χ4v) is 1.19. The topological polar surface area (TPSA) is 63.3 Å². The summed E-state index contributed by atoms with van der Waals surface area (Å²) >= 11 is 0. The van der Waals surface area contributed by atoms with Crippen molar-refractivity contribution in [2.75, 3.05) is 0 Å². The molecule has 0 fully saturated rings. The van der Waals surface area contributed by atoms with E-state index < -0.39 is 12.0 Å². The van der Waals surface area contributed by atoms with Crippen LogP contribution in [0.3, 0.4) is 0 Å². The second-order valence-corrected chi connectivity index (χ2v) is 2.94. The van der Waals surface area contributed by atoms with Crippen LogP contribution in [0.25, 0.3) is 0 Å². The SMILES string of the molecule is CC.CC.NC(CC1=CC=CCC1)C(=O)O. The molecule has 1 aliphatic rings. The third-order valence-corrected chi connectivity index (χ3v) is 1.90. The van der Waals surface area contributed by atoms with Crippen LogP contribution in [0, 0.1) is 0 Å². The zero-order valence-corrected chi connectivity index (χ0v) is 10.9. The number of hydrogen-bond donors (Lipinski definition) is 2. The Morgan fingerprint density at radius 3 is 2.38 bits per heavy atom. The monoisotopic (exact) mass is 227 g/mol. The maximum Gasteiger partial charge on any atom is 0.320 e. The van der Waals surface area contributed by atoms with Gasteiger partial charge in [-0.2, -0.15) is 0 Å². The lowest BCUT2D eigenvalue weighted by atomic mass is 9.98. The van der Waals surface area contributed by atoms with Gasteiger partial charge < -0.3 is 10.8 Å². The molecule has 0 bridgehead atoms. The Morgan fingerprint density at radius 1 is 1.44 bits per heavy atom. The van der Waals surface area contributed by atoms with E-state index >= 15 is 0 Å². The van der Waals surface area contributed by atoms with E-state index in [0.717, 1.165) is 18.4 Å². The van der Waals surface area contributed by atoms with Crippen LogP contribution in [0.4, 0.5) is 0 Å². The summed E-state index contributed by atoms with van der Waals surface area (Å²) in [6, 6.07) is -0.747. The van der Waals surface area contributed by atoms with Gasteiger partial charge >= 0.3 is 5.97 Å². The molecule has 0 spiro atoms. The Bertz CT molecular complexity index is 232. The van der Waals surface area contributed by atoms with Crippen LogP contribution < -0.4 is 5.73 Å². The smallest absolute Gasteiger partial charge is 0.320 e. The number of nitrogens with two attached hydrogens (primary N) is 1. The molecule has 0 saturated heterocycles. The van der Waals surface area contributed by atoms with Crippen molar-refractivity contribution in [3.8, 4) is 0 Å². The average molecular weight is 227 g/mol. The molecular weight excluding hydrogens is 202 g/mol. The molecule has 0 aromatic carbocycles. The van der Waals surface area contributed by atoms with E-state index in [1.807, 2.05) is 39.8 Å². The number of carboxylic acids is 1. The molecule has 0 aromatic heterocycles. The Morgan fingerprint density at radius 2 is 2.00 bits per heavy atom. The van der Waals surface area contributed by atoms with E-state index in [9.17, 15) is 4.79 Å². The van der Waals surface area contributed by atoms with Gasteiger partial charge in [0.05, 0.1) is 0 Å². The van der Waals surface area contributed by atoms with Crippen LogP contribution in [0.15, 0.2) is 23.8 Å². The van der Waals surface area contributed by atoms with Gasteiger partial charge in [0.15, 0.2) is 0 Å². The number of hydrogen-bond acceptors (Lipinski definition) is 2. The molecule has 1 unspecified atom stereocenters. The fourth-order valence-electron chi connectivity index (χ4n) is 1.19. The maximum absolute atomic E-state index is 10.4. The minimum absolute atomic E-state index is 0.472. The quantitative estimate of drug-likeness (QED) is 0.778. The maximum atomic E-state index is 10.4. The molecular formula is C13H25NO2. The Kier molecular flexibility index (Phi) is 13.0. The largest absolute Gasteiger partial charge is 0.480 e. The first-order valence-corrected chi connectivity index (χ1v) is 6.03. The summed E-state index contributed by atoms with van der Waals surface area (Å²) in [4.78, 5) is 10.4. The van der Waals surface area contributed by atoms with Crippen molar-refractivity contribution >= 4 is 5.97 Å². The summed E-state index contributed by atoms with van der Waals surface area (Å²) in [6.07, 6.45) is 8.38. The first kappa shape index (κ1) is 17.3. The van der Waals surface area contributed by atoms with Gasteiger partial charge in [-0.25, -0.2) is 0 Å². The van der Waals surface area contributed by atoms with Gasteiger partial charge in [-0.1, -0.05) is 51.5 Å². The highest BCUT2D eigenvalue weighted by Gasteiger charge is 2.13. The molecule has 0 saturated carbocycles. The van der Waals surface area contributed by atoms with E-state index in [1.165, 1.54) is 0 Å². The minimum Gasteiger partial charge on any atom is -0.480 e. The van der Waals surface area contributed by atoms with Gasteiger partial charge in [0.2, 0.25) is 0 Å². The molecule has 94 valence electrons. The van der Waals surface area contributed by atoms with Crippen molar-refractivity contribution in [1.82, 2.24) is 0 Å². The molecule has 0 amide bonds. The van der Waals surface area contributed by atoms with Crippen LogP contribution in [-0.4, -0.2) is 17.1 Å². The lowest BCUT2D eigenvalue weighted by Gasteiger charge is -2.11. The Hall–Kier alpha value is -1.09. The first-order valence-electron chi connectivity index (χ1n) is 6.03. The van der Waals surface area contributed by atoms with Gasteiger partial charge in [0.1, 0.15) is 6.04 Å². The van der Waals surface area contributed by atoms with Crippen molar-refractivity contribution in [3.05, 3.63) is 23.8 Å². The molecule has 3 heteroatoms. The third-order valence-electron chi connectivity index (χ3n) is 1.90. The number of carboxylic acid groups (broad SMARTS) is 1. The predicted molar refractivity (Wildman–Crippen MR) is 69.4 cm³/mol. The number of allylic oxidation sites excluding steroid dienone is 3. The molecule has 1 atom stereocenters. The Balaban J connectivity index is 0. The molecule has 0 radical (unpaired) electrons. The number of rotatable bonds is 3. The standard InChI is InChI=1S/C9H13NO2.2C2H6/c10-8(9(11)12)6-7-4-2-1-3-5-7;2*1-2/h1-2,4,8H,3,5-6,10H2,(H,11,12);2*1-2H3. The average Bonchev–Trinajstić information content (AvgIpc) is 2.35. The minimum atomic E-state index is -0.926. The van der Waals surface area contributed by atoms with Crippen molar-refractivity contribution in [2.45, 2.75) is 53.0 Å². The number of carbonyl (C=O) groups is 1. The molecule has 0 aromatic rings. The van der Waals surface area contributed by atoms with Crippen LogP contribution in [0.5, 0.6) is 0 Å². The van der Waals surface area contributed by atoms with Crippen molar-refractivity contribution in [2.24, 2.45) is 5.73 Å². The predicted octanol–water partition coefficient (Wildman–Crippen LogP) is 3.12. The van der Waals surface area contributed by atoms with Crippen molar-refractivity contribution in [3.63, 3.8) is 0 Å². The van der Waals surface area contributed by atoms with E-state index in [0.29, 0.717) is 6.42 Å². The zero-order chi connectivity index (χ0) is 13.0. The summed E-state index contributed by atoms with van der Waals surface area (Å²) in [5.74, 6) is -0.926. The third kappa shape index (κ3) is 8.24. The highest BCUT2D eigenvalue weighted by atomic mass is 16.4. The normalized spacial score (nSPS) is 14.7. The lowest BCUT2D eigenvalue weighted by Crippen LogP contribution is -2.30. The molecule has 1 aliphatic carbocycles. The molecule has 0 heterocycles. The second kappa shape index (κ2) is 12.0. The van der Waals surface area contributed by atoms with Crippen LogP contribution in [0.1, 0.15) is 47.0 Å². The summed E-state index contributed by atoms with van der Waals surface area (Å²) in [5, 5.41) is 8.54. The van der Waals surface area contributed by atoms with Crippen molar-refractivity contribution < 1.29 is 9.90 Å². The Labute approximate surface area is 99.0 Å². The van der Waals surface area contributed by atoms with E-state index in [1.54, 1.807) is 0 Å². The van der Waals surface area contributed by atoms with E-state index in [-0.39, 0.29) is 0 Å². The van der Waals surface area contributed by atoms with Crippen molar-refractivity contribution in [1.29, 1.82) is 0 Å². The number of aliphatic carboxylic acids is 1.